The number of nitrogens with one attached hydrogen (secondary N) is 1. The molecule has 2 aromatic carbocycles. The Hall–Kier alpha value is -2.49. The van der Waals surface area contributed by atoms with Gasteiger partial charge in [0.25, 0.3) is 5.91 Å². The second-order valence-electron chi connectivity index (χ2n) is 5.16. The Labute approximate surface area is 130 Å². The van der Waals surface area contributed by atoms with Crippen molar-refractivity contribution in [1.29, 1.82) is 0 Å². The molecule has 1 N–H and O–H groups in total. The van der Waals surface area contributed by atoms with Gasteiger partial charge in [0.2, 0.25) is 0 Å². The van der Waals surface area contributed by atoms with Gasteiger partial charge >= 0.3 is 0 Å². The zero-order valence-electron chi connectivity index (χ0n) is 12.5. The van der Waals surface area contributed by atoms with Gasteiger partial charge in [-0.15, -0.1) is 0 Å². The van der Waals surface area contributed by atoms with Gasteiger partial charge in [-0.25, -0.2) is 0 Å². The molecule has 0 radical (unpaired) electrons. The number of fused-ring (bicyclic) bond motifs is 1. The third kappa shape index (κ3) is 3.06. The predicted molar refractivity (Wildman–Crippen MR) is 84.4 cm³/mol. The summed E-state index contributed by atoms with van der Waals surface area (Å²) in [6.45, 7) is 3.12. The largest absolute Gasteiger partial charge is 0.494 e. The summed E-state index contributed by atoms with van der Waals surface area (Å²) < 4.78 is 11.1. The Bertz CT molecular complexity index is 669. The molecule has 1 atom stereocenters. The first-order chi connectivity index (χ1) is 10.8. The number of carbonyl (C=O) groups excluding carboxylic acids is 1. The molecule has 114 valence electrons. The van der Waals surface area contributed by atoms with Crippen molar-refractivity contribution in [3.63, 3.8) is 0 Å². The van der Waals surface area contributed by atoms with Crippen molar-refractivity contribution in [3.8, 4) is 11.5 Å². The Morgan fingerprint density at radius 2 is 2.14 bits per heavy atom. The maximum absolute atomic E-state index is 12.5. The maximum atomic E-state index is 12.5. The normalized spacial score (nSPS) is 16.3. The molecule has 0 spiro atoms. The summed E-state index contributed by atoms with van der Waals surface area (Å²) in [5.74, 6) is 1.47. The third-order valence-electron chi connectivity index (χ3n) is 3.67. The van der Waals surface area contributed by atoms with Crippen molar-refractivity contribution in [3.05, 3.63) is 59.7 Å². The molecular weight excluding hydrogens is 278 g/mol. The second kappa shape index (κ2) is 6.52. The number of rotatable bonds is 4. The van der Waals surface area contributed by atoms with Gasteiger partial charge in [-0.3, -0.25) is 4.79 Å². The van der Waals surface area contributed by atoms with Crippen LogP contribution in [0, 0.1) is 0 Å². The Morgan fingerprint density at radius 3 is 3.00 bits per heavy atom. The van der Waals surface area contributed by atoms with Gasteiger partial charge in [0.05, 0.1) is 19.3 Å². The summed E-state index contributed by atoms with van der Waals surface area (Å²) >= 11 is 0. The average Bonchev–Trinajstić information content (AvgIpc) is 2.56. The lowest BCUT2D eigenvalue weighted by atomic mass is 10.00. The van der Waals surface area contributed by atoms with Crippen LogP contribution in [0.15, 0.2) is 48.5 Å². The molecular formula is C18H19NO3. The topological polar surface area (TPSA) is 47.6 Å². The zero-order chi connectivity index (χ0) is 15.4. The van der Waals surface area contributed by atoms with Gasteiger partial charge < -0.3 is 14.8 Å². The van der Waals surface area contributed by atoms with Crippen molar-refractivity contribution in [2.45, 2.75) is 19.4 Å². The van der Waals surface area contributed by atoms with Gasteiger partial charge in [0.15, 0.2) is 0 Å². The van der Waals surface area contributed by atoms with E-state index in [0.29, 0.717) is 24.5 Å². The van der Waals surface area contributed by atoms with Crippen molar-refractivity contribution in [2.75, 3.05) is 13.2 Å². The number of para-hydroxylation sites is 1. The minimum atomic E-state index is -0.0942. The highest BCUT2D eigenvalue weighted by Crippen LogP contribution is 2.31. The predicted octanol–water partition coefficient (Wildman–Crippen LogP) is 3.34. The first-order valence-electron chi connectivity index (χ1n) is 7.53. The van der Waals surface area contributed by atoms with Crippen LogP contribution in [0.3, 0.4) is 0 Å². The summed E-state index contributed by atoms with van der Waals surface area (Å²) in [4.78, 5) is 12.5. The third-order valence-corrected chi connectivity index (χ3v) is 3.67. The van der Waals surface area contributed by atoms with Crippen LogP contribution >= 0.6 is 0 Å². The number of amides is 1. The van der Waals surface area contributed by atoms with Crippen LogP contribution < -0.4 is 14.8 Å². The van der Waals surface area contributed by atoms with E-state index in [-0.39, 0.29) is 11.9 Å². The summed E-state index contributed by atoms with van der Waals surface area (Å²) in [5, 5.41) is 3.09. The van der Waals surface area contributed by atoms with Crippen molar-refractivity contribution < 1.29 is 14.3 Å². The Morgan fingerprint density at radius 1 is 1.27 bits per heavy atom. The fourth-order valence-electron chi connectivity index (χ4n) is 2.63. The highest BCUT2D eigenvalue weighted by atomic mass is 16.5. The number of hydrogen-bond acceptors (Lipinski definition) is 3. The smallest absolute Gasteiger partial charge is 0.251 e. The van der Waals surface area contributed by atoms with Crippen LogP contribution in [0.2, 0.25) is 0 Å². The molecule has 0 bridgehead atoms. The van der Waals surface area contributed by atoms with Crippen LogP contribution in [0.1, 0.15) is 35.3 Å². The molecule has 0 saturated heterocycles. The molecule has 1 aliphatic rings. The lowest BCUT2D eigenvalue weighted by Gasteiger charge is -2.26. The molecule has 0 aromatic heterocycles. The molecule has 2 aromatic rings. The second-order valence-corrected chi connectivity index (χ2v) is 5.16. The molecule has 1 amide bonds. The number of benzene rings is 2. The first-order valence-corrected chi connectivity index (χ1v) is 7.53. The summed E-state index contributed by atoms with van der Waals surface area (Å²) in [5.41, 5.74) is 1.64. The van der Waals surface area contributed by atoms with Gasteiger partial charge in [0, 0.05) is 17.5 Å². The van der Waals surface area contributed by atoms with Crippen LogP contribution in [0.4, 0.5) is 0 Å². The van der Waals surface area contributed by atoms with Crippen molar-refractivity contribution in [2.24, 2.45) is 0 Å². The standard InChI is InChI=1S/C18H19NO3/c1-2-21-14-7-5-6-13(12-14)18(20)19-16-10-11-22-17-9-4-3-8-15(16)17/h3-9,12,16H,2,10-11H2,1H3,(H,19,20). The van der Waals surface area contributed by atoms with Gasteiger partial charge in [-0.05, 0) is 31.2 Å². The van der Waals surface area contributed by atoms with E-state index in [4.69, 9.17) is 9.47 Å². The lowest BCUT2D eigenvalue weighted by molar-refractivity contribution is 0.0924. The molecule has 0 aliphatic carbocycles. The molecule has 4 heteroatoms. The van der Waals surface area contributed by atoms with E-state index in [1.807, 2.05) is 43.3 Å². The average molecular weight is 297 g/mol. The lowest BCUT2D eigenvalue weighted by Crippen LogP contribution is -2.32. The minimum Gasteiger partial charge on any atom is -0.494 e. The van der Waals surface area contributed by atoms with E-state index < -0.39 is 0 Å². The SMILES string of the molecule is CCOc1cccc(C(=O)NC2CCOc3ccccc32)c1. The molecule has 0 saturated carbocycles. The van der Waals surface area contributed by atoms with Crippen LogP contribution in [-0.2, 0) is 0 Å². The van der Waals surface area contributed by atoms with Gasteiger partial charge in [-0.2, -0.15) is 0 Å². The fourth-order valence-corrected chi connectivity index (χ4v) is 2.63. The maximum Gasteiger partial charge on any atom is 0.251 e. The van der Waals surface area contributed by atoms with E-state index in [1.165, 1.54) is 0 Å². The van der Waals surface area contributed by atoms with Crippen LogP contribution in [-0.4, -0.2) is 19.1 Å². The van der Waals surface area contributed by atoms with E-state index in [0.717, 1.165) is 17.7 Å². The van der Waals surface area contributed by atoms with E-state index >= 15 is 0 Å². The number of hydrogen-bond donors (Lipinski definition) is 1. The molecule has 0 fully saturated rings. The van der Waals surface area contributed by atoms with Gasteiger partial charge in [0.1, 0.15) is 11.5 Å². The molecule has 1 unspecified atom stereocenters. The molecule has 1 aliphatic heterocycles. The van der Waals surface area contributed by atoms with Crippen molar-refractivity contribution >= 4 is 5.91 Å². The molecule has 1 heterocycles. The summed E-state index contributed by atoms with van der Waals surface area (Å²) in [7, 11) is 0. The quantitative estimate of drug-likeness (QED) is 0.941. The number of ether oxygens (including phenoxy) is 2. The highest BCUT2D eigenvalue weighted by molar-refractivity contribution is 5.94. The van der Waals surface area contributed by atoms with Crippen LogP contribution in [0.5, 0.6) is 11.5 Å². The highest BCUT2D eigenvalue weighted by Gasteiger charge is 2.23. The van der Waals surface area contributed by atoms with E-state index in [2.05, 4.69) is 5.32 Å². The first kappa shape index (κ1) is 14.4. The Balaban J connectivity index is 1.76. The fraction of sp³-hybridized carbons (Fsp3) is 0.278. The molecule has 3 rings (SSSR count). The van der Waals surface area contributed by atoms with E-state index in [9.17, 15) is 4.79 Å². The Kier molecular flexibility index (Phi) is 4.28. The molecule has 4 nitrogen and oxygen atoms in total. The van der Waals surface area contributed by atoms with E-state index in [1.54, 1.807) is 12.1 Å². The monoisotopic (exact) mass is 297 g/mol. The molecule has 22 heavy (non-hydrogen) atoms. The van der Waals surface area contributed by atoms with Gasteiger partial charge in [-0.1, -0.05) is 24.3 Å². The zero-order valence-corrected chi connectivity index (χ0v) is 12.5. The minimum absolute atomic E-state index is 0.0202. The summed E-state index contributed by atoms with van der Waals surface area (Å²) in [6, 6.07) is 15.1. The van der Waals surface area contributed by atoms with Crippen LogP contribution in [0.25, 0.3) is 0 Å². The summed E-state index contributed by atoms with van der Waals surface area (Å²) in [6.07, 6.45) is 0.772. The van der Waals surface area contributed by atoms with Crippen molar-refractivity contribution in [1.82, 2.24) is 5.32 Å². The number of carbonyl (C=O) groups is 1.